The summed E-state index contributed by atoms with van der Waals surface area (Å²) in [6.07, 6.45) is 5.93. The molecule has 3 aromatic rings. The molecule has 0 aliphatic carbocycles. The Morgan fingerprint density at radius 2 is 1.10 bits per heavy atom. The maximum absolute atomic E-state index is 13.7. The van der Waals surface area contributed by atoms with Crippen molar-refractivity contribution < 1.29 is 13.2 Å². The van der Waals surface area contributed by atoms with Crippen LogP contribution in [0.1, 0.15) is 26.3 Å². The Morgan fingerprint density at radius 1 is 0.677 bits per heavy atom. The summed E-state index contributed by atoms with van der Waals surface area (Å²) >= 11 is 0. The Labute approximate surface area is 182 Å². The zero-order valence-electron chi connectivity index (χ0n) is 17.9. The summed E-state index contributed by atoms with van der Waals surface area (Å²) in [6, 6.07) is 19.0. The molecule has 0 heterocycles. The molecule has 31 heavy (non-hydrogen) atoms. The Hall–Kier alpha value is -3.27. The van der Waals surface area contributed by atoms with E-state index in [0.29, 0.717) is 0 Å². The first-order valence-electron chi connectivity index (χ1n) is 10.2. The first-order valence-corrected chi connectivity index (χ1v) is 10.2. The molecule has 0 bridgehead atoms. The number of benzene rings is 3. The van der Waals surface area contributed by atoms with Crippen LogP contribution in [-0.2, 0) is 0 Å². The molecule has 0 unspecified atom stereocenters. The molecule has 3 rings (SSSR count). The molecular weight excluding hydrogens is 392 g/mol. The summed E-state index contributed by atoms with van der Waals surface area (Å²) in [4.78, 5) is 0. The number of allylic oxidation sites excluding steroid dienone is 5. The Morgan fingerprint density at radius 3 is 1.52 bits per heavy atom. The molecule has 0 nitrogen and oxygen atoms in total. The van der Waals surface area contributed by atoms with Gasteiger partial charge in [0.2, 0.25) is 6.71 Å². The van der Waals surface area contributed by atoms with E-state index >= 15 is 0 Å². The summed E-state index contributed by atoms with van der Waals surface area (Å²) in [5.41, 5.74) is 5.60. The van der Waals surface area contributed by atoms with Gasteiger partial charge < -0.3 is 0 Å². The van der Waals surface area contributed by atoms with Crippen LogP contribution < -0.4 is 10.9 Å². The first-order chi connectivity index (χ1) is 14.9. The van der Waals surface area contributed by atoms with Crippen molar-refractivity contribution in [1.82, 2.24) is 0 Å². The monoisotopic (exact) mass is 416 g/mol. The van der Waals surface area contributed by atoms with E-state index in [1.807, 2.05) is 39.0 Å². The van der Waals surface area contributed by atoms with E-state index in [9.17, 15) is 13.2 Å². The quantitative estimate of drug-likeness (QED) is 0.329. The Balaban J connectivity index is 2.32. The molecule has 0 amide bonds. The second-order valence-electron chi connectivity index (χ2n) is 7.46. The van der Waals surface area contributed by atoms with Crippen LogP contribution in [-0.4, -0.2) is 6.71 Å². The van der Waals surface area contributed by atoms with Crippen molar-refractivity contribution in [3.63, 3.8) is 0 Å². The number of rotatable bonds is 6. The highest BCUT2D eigenvalue weighted by Crippen LogP contribution is 2.27. The lowest BCUT2D eigenvalue weighted by Crippen LogP contribution is -2.44. The molecule has 0 aromatic heterocycles. The van der Waals surface area contributed by atoms with Crippen LogP contribution >= 0.6 is 0 Å². The van der Waals surface area contributed by atoms with Gasteiger partial charge in [0.1, 0.15) is 17.5 Å². The van der Waals surface area contributed by atoms with Gasteiger partial charge in [0.05, 0.1) is 0 Å². The van der Waals surface area contributed by atoms with Crippen molar-refractivity contribution in [3.05, 3.63) is 125 Å². The maximum Gasteiger partial charge on any atom is 0.242 e. The third-order valence-electron chi connectivity index (χ3n) is 5.38. The van der Waals surface area contributed by atoms with Gasteiger partial charge in [0.15, 0.2) is 0 Å². The van der Waals surface area contributed by atoms with E-state index in [2.05, 4.69) is 0 Å². The standard InChI is InChI=1S/C27H24BF3/c1-4-5-6-19(2)20(3)27(21-7-13-24(29)14-8-21)28(22-9-15-25(30)16-10-22)23-11-17-26(31)18-12-23/h4-18H,1-3H3/b5-4-,19-6+,27-20-. The highest BCUT2D eigenvalue weighted by Gasteiger charge is 2.27. The fourth-order valence-corrected chi connectivity index (χ4v) is 3.64. The van der Waals surface area contributed by atoms with Gasteiger partial charge in [-0.1, -0.05) is 76.6 Å². The highest BCUT2D eigenvalue weighted by molar-refractivity contribution is 6.99. The van der Waals surface area contributed by atoms with Gasteiger partial charge in [-0.05, 0) is 68.3 Å². The van der Waals surface area contributed by atoms with Crippen molar-refractivity contribution in [3.8, 4) is 0 Å². The van der Waals surface area contributed by atoms with E-state index in [4.69, 9.17) is 0 Å². The smallest absolute Gasteiger partial charge is 0.207 e. The molecular formula is C27H24BF3. The molecule has 0 aliphatic rings. The van der Waals surface area contributed by atoms with Crippen LogP contribution in [0.2, 0.25) is 0 Å². The minimum absolute atomic E-state index is 0.291. The van der Waals surface area contributed by atoms with Crippen molar-refractivity contribution in [2.75, 3.05) is 0 Å². The molecule has 0 saturated heterocycles. The minimum Gasteiger partial charge on any atom is -0.207 e. The normalized spacial score (nSPS) is 12.8. The number of halogens is 3. The lowest BCUT2D eigenvalue weighted by Gasteiger charge is -2.23. The van der Waals surface area contributed by atoms with Gasteiger partial charge in [-0.15, -0.1) is 0 Å². The van der Waals surface area contributed by atoms with Crippen LogP contribution in [0.4, 0.5) is 13.2 Å². The fourth-order valence-electron chi connectivity index (χ4n) is 3.64. The van der Waals surface area contributed by atoms with Gasteiger partial charge >= 0.3 is 0 Å². The lowest BCUT2D eigenvalue weighted by molar-refractivity contribution is 0.627. The topological polar surface area (TPSA) is 0 Å². The summed E-state index contributed by atoms with van der Waals surface area (Å²) in [5.74, 6) is -0.966. The van der Waals surface area contributed by atoms with Crippen LogP contribution in [0.25, 0.3) is 5.47 Å². The maximum atomic E-state index is 13.7. The van der Waals surface area contributed by atoms with E-state index < -0.39 is 0 Å². The van der Waals surface area contributed by atoms with Crippen LogP contribution in [0, 0.1) is 17.5 Å². The van der Waals surface area contributed by atoms with Gasteiger partial charge in [0.25, 0.3) is 0 Å². The van der Waals surface area contributed by atoms with E-state index in [1.54, 1.807) is 36.4 Å². The van der Waals surface area contributed by atoms with E-state index in [-0.39, 0.29) is 24.2 Å². The van der Waals surface area contributed by atoms with Crippen LogP contribution in [0.3, 0.4) is 0 Å². The zero-order chi connectivity index (χ0) is 22.4. The summed E-state index contributed by atoms with van der Waals surface area (Å²) in [7, 11) is 0. The third-order valence-corrected chi connectivity index (χ3v) is 5.38. The molecule has 0 aliphatic heterocycles. The predicted octanol–water partition coefficient (Wildman–Crippen LogP) is 6.25. The predicted molar refractivity (Wildman–Crippen MR) is 125 cm³/mol. The van der Waals surface area contributed by atoms with Crippen LogP contribution in [0.5, 0.6) is 0 Å². The summed E-state index contributed by atoms with van der Waals surface area (Å²) in [6.45, 7) is 5.70. The van der Waals surface area contributed by atoms with Gasteiger partial charge in [-0.25, -0.2) is 13.2 Å². The Kier molecular flexibility index (Phi) is 7.35. The zero-order valence-corrected chi connectivity index (χ0v) is 17.9. The average Bonchev–Trinajstić information content (AvgIpc) is 2.78. The van der Waals surface area contributed by atoms with Gasteiger partial charge in [0, 0.05) is 0 Å². The fraction of sp³-hybridized carbons (Fsp3) is 0.111. The minimum atomic E-state index is -0.324. The Bertz CT molecular complexity index is 1060. The molecule has 0 N–H and O–H groups in total. The lowest BCUT2D eigenvalue weighted by atomic mass is 9.34. The third kappa shape index (κ3) is 5.46. The van der Waals surface area contributed by atoms with Crippen molar-refractivity contribution >= 4 is 23.1 Å². The molecule has 3 aromatic carbocycles. The van der Waals surface area contributed by atoms with Crippen molar-refractivity contribution in [1.29, 1.82) is 0 Å². The van der Waals surface area contributed by atoms with Crippen molar-refractivity contribution in [2.45, 2.75) is 20.8 Å². The van der Waals surface area contributed by atoms with Crippen molar-refractivity contribution in [2.24, 2.45) is 0 Å². The van der Waals surface area contributed by atoms with E-state index in [1.165, 1.54) is 36.4 Å². The second-order valence-corrected chi connectivity index (χ2v) is 7.46. The average molecular weight is 416 g/mol. The number of hydrogen-bond acceptors (Lipinski definition) is 0. The van der Waals surface area contributed by atoms with E-state index in [0.717, 1.165) is 33.1 Å². The first kappa shape index (κ1) is 22.4. The molecule has 0 spiro atoms. The molecule has 0 atom stereocenters. The highest BCUT2D eigenvalue weighted by atomic mass is 19.1. The molecule has 0 fully saturated rings. The largest absolute Gasteiger partial charge is 0.242 e. The molecule has 156 valence electrons. The summed E-state index contributed by atoms with van der Waals surface area (Å²) < 4.78 is 41.1. The van der Waals surface area contributed by atoms with Gasteiger partial charge in [-0.2, -0.15) is 0 Å². The molecule has 4 heteroatoms. The second kappa shape index (κ2) is 10.2. The SMILES string of the molecule is C\C=C/C=C(C)/C(C)=C(\B(c1ccc(F)cc1)c1ccc(F)cc1)c1ccc(F)cc1. The number of hydrogen-bond donors (Lipinski definition) is 0. The van der Waals surface area contributed by atoms with Crippen LogP contribution in [0.15, 0.2) is 102 Å². The molecule has 0 saturated carbocycles. The molecule has 0 radical (unpaired) electrons. The van der Waals surface area contributed by atoms with Gasteiger partial charge in [-0.3, -0.25) is 0 Å². The summed E-state index contributed by atoms with van der Waals surface area (Å²) in [5, 5.41) is 0.